The number of carbonyl (C=O) groups is 4. The van der Waals surface area contributed by atoms with Crippen LogP contribution in [0.2, 0.25) is 0 Å². The molecule has 1 aliphatic heterocycles. The molecule has 0 aromatic carbocycles. The van der Waals surface area contributed by atoms with E-state index in [1.165, 1.54) is 0 Å². The van der Waals surface area contributed by atoms with Crippen LogP contribution in [-0.4, -0.2) is 35.3 Å². The Morgan fingerprint density at radius 2 is 1.72 bits per heavy atom. The van der Waals surface area contributed by atoms with E-state index in [1.54, 1.807) is 27.7 Å². The van der Waals surface area contributed by atoms with Crippen molar-refractivity contribution in [2.75, 3.05) is 0 Å². The largest absolute Gasteiger partial charge is 0.444 e. The van der Waals surface area contributed by atoms with Crippen molar-refractivity contribution in [3.05, 3.63) is 0 Å². The van der Waals surface area contributed by atoms with E-state index in [4.69, 9.17) is 4.74 Å². The lowest BCUT2D eigenvalue weighted by Gasteiger charge is -2.32. The van der Waals surface area contributed by atoms with Gasteiger partial charge < -0.3 is 10.1 Å². The third-order valence-corrected chi connectivity index (χ3v) is 4.85. The lowest BCUT2D eigenvalue weighted by molar-refractivity contribution is -0.135. The molecular weight excluding hydrogens is 324 g/mol. The summed E-state index contributed by atoms with van der Waals surface area (Å²) in [5, 5.41) is 4.88. The Morgan fingerprint density at radius 1 is 1.12 bits per heavy atom. The second kappa shape index (κ2) is 7.54. The number of alkyl carbamates (subject to hydrolysis) is 1. The van der Waals surface area contributed by atoms with E-state index in [-0.39, 0.29) is 5.92 Å². The molecule has 25 heavy (non-hydrogen) atoms. The van der Waals surface area contributed by atoms with Gasteiger partial charge in [0.25, 0.3) is 0 Å². The highest BCUT2D eigenvalue weighted by Gasteiger charge is 2.47. The summed E-state index contributed by atoms with van der Waals surface area (Å²) in [4.78, 5) is 49.0. The summed E-state index contributed by atoms with van der Waals surface area (Å²) < 4.78 is 5.28. The van der Waals surface area contributed by atoms with E-state index in [1.807, 2.05) is 0 Å². The maximum Gasteiger partial charge on any atom is 0.408 e. The van der Waals surface area contributed by atoms with Crippen LogP contribution in [0.3, 0.4) is 0 Å². The molecule has 0 radical (unpaired) electrons. The van der Waals surface area contributed by atoms with Crippen LogP contribution in [0.4, 0.5) is 4.79 Å². The van der Waals surface area contributed by atoms with Gasteiger partial charge in [0.15, 0.2) is 5.78 Å². The molecule has 7 heteroatoms. The Labute approximate surface area is 148 Å². The van der Waals surface area contributed by atoms with Gasteiger partial charge in [-0.3, -0.25) is 19.7 Å². The van der Waals surface area contributed by atoms with Gasteiger partial charge in [0.1, 0.15) is 11.5 Å². The van der Waals surface area contributed by atoms with Crippen LogP contribution < -0.4 is 10.6 Å². The van der Waals surface area contributed by atoms with Gasteiger partial charge in [0, 0.05) is 0 Å². The Morgan fingerprint density at radius 3 is 2.20 bits per heavy atom. The van der Waals surface area contributed by atoms with E-state index in [2.05, 4.69) is 10.6 Å². The lowest BCUT2D eigenvalue weighted by Crippen LogP contribution is -2.51. The summed E-state index contributed by atoms with van der Waals surface area (Å²) >= 11 is 0. The zero-order chi connectivity index (χ0) is 18.8. The van der Waals surface area contributed by atoms with Crippen LogP contribution >= 0.6 is 0 Å². The average molecular weight is 352 g/mol. The van der Waals surface area contributed by atoms with Gasteiger partial charge in [0.05, 0.1) is 12.0 Å². The van der Waals surface area contributed by atoms with Crippen molar-refractivity contribution in [2.24, 2.45) is 17.8 Å². The fraction of sp³-hybridized carbons (Fsp3) is 0.778. The molecule has 1 saturated heterocycles. The Bertz CT molecular complexity index is 560. The second-order valence-corrected chi connectivity index (χ2v) is 8.04. The molecular formula is C18H28N2O5. The first-order valence-corrected chi connectivity index (χ1v) is 8.98. The molecule has 2 rings (SSSR count). The summed E-state index contributed by atoms with van der Waals surface area (Å²) in [5.74, 6) is -3.21. The van der Waals surface area contributed by atoms with E-state index in [0.717, 1.165) is 32.1 Å². The van der Waals surface area contributed by atoms with Crippen LogP contribution in [0, 0.1) is 17.8 Å². The molecule has 1 aliphatic carbocycles. The third-order valence-electron chi connectivity index (χ3n) is 4.85. The van der Waals surface area contributed by atoms with Crippen molar-refractivity contribution >= 4 is 23.7 Å². The maximum atomic E-state index is 13.0. The monoisotopic (exact) mass is 352 g/mol. The van der Waals surface area contributed by atoms with E-state index in [0.29, 0.717) is 0 Å². The smallest absolute Gasteiger partial charge is 0.408 e. The molecule has 1 heterocycles. The van der Waals surface area contributed by atoms with Crippen LogP contribution in [-0.2, 0) is 19.1 Å². The van der Waals surface area contributed by atoms with Gasteiger partial charge in [-0.1, -0.05) is 26.2 Å². The highest BCUT2D eigenvalue weighted by Crippen LogP contribution is 2.31. The van der Waals surface area contributed by atoms with Gasteiger partial charge >= 0.3 is 6.09 Å². The summed E-state index contributed by atoms with van der Waals surface area (Å²) in [7, 11) is 0. The Balaban J connectivity index is 2.18. The topological polar surface area (TPSA) is 102 Å². The highest BCUT2D eigenvalue weighted by atomic mass is 16.6. The highest BCUT2D eigenvalue weighted by molar-refractivity contribution is 6.16. The summed E-state index contributed by atoms with van der Waals surface area (Å²) in [6.45, 7) is 6.80. The maximum absolute atomic E-state index is 13.0. The van der Waals surface area contributed by atoms with E-state index in [9.17, 15) is 19.2 Å². The van der Waals surface area contributed by atoms with Crippen LogP contribution in [0.25, 0.3) is 0 Å². The van der Waals surface area contributed by atoms with Gasteiger partial charge in [0.2, 0.25) is 11.8 Å². The third kappa shape index (κ3) is 4.80. The number of Topliss-reactive ketones (excluding diaryl/α,β-unsaturated/α-hetero) is 1. The number of imide groups is 1. The molecule has 2 aliphatic rings. The summed E-state index contributed by atoms with van der Waals surface area (Å²) in [6, 6.07) is -0.806. The number of rotatable bonds is 4. The SMILES string of the molecule is C[C@@H]1C(=O)NC(=O)[C@H]1C(=O)[C@@H](NC(=O)OC(C)(C)C)C1CCCCC1. The predicted octanol–water partition coefficient (Wildman–Crippen LogP) is 1.94. The van der Waals surface area contributed by atoms with Gasteiger partial charge in [-0.15, -0.1) is 0 Å². The van der Waals surface area contributed by atoms with Gasteiger partial charge in [-0.2, -0.15) is 0 Å². The number of ketones is 1. The van der Waals surface area contributed by atoms with Crippen molar-refractivity contribution in [3.63, 3.8) is 0 Å². The predicted molar refractivity (Wildman–Crippen MR) is 90.5 cm³/mol. The van der Waals surface area contributed by atoms with Crippen molar-refractivity contribution in [1.29, 1.82) is 0 Å². The fourth-order valence-electron chi connectivity index (χ4n) is 3.58. The molecule has 140 valence electrons. The molecule has 0 spiro atoms. The number of ether oxygens (including phenoxy) is 1. The Kier molecular flexibility index (Phi) is 5.85. The van der Waals surface area contributed by atoms with Crippen molar-refractivity contribution in [3.8, 4) is 0 Å². The molecule has 7 nitrogen and oxygen atoms in total. The minimum absolute atomic E-state index is 0.0375. The van der Waals surface area contributed by atoms with Gasteiger partial charge in [-0.05, 0) is 39.5 Å². The van der Waals surface area contributed by atoms with Crippen LogP contribution in [0.5, 0.6) is 0 Å². The first-order valence-electron chi connectivity index (χ1n) is 8.98. The average Bonchev–Trinajstić information content (AvgIpc) is 2.76. The minimum Gasteiger partial charge on any atom is -0.444 e. The van der Waals surface area contributed by atoms with E-state index >= 15 is 0 Å². The zero-order valence-corrected chi connectivity index (χ0v) is 15.4. The molecule has 2 N–H and O–H groups in total. The molecule has 0 aromatic rings. The number of carbonyl (C=O) groups excluding carboxylic acids is 4. The first-order chi connectivity index (χ1) is 11.6. The van der Waals surface area contributed by atoms with Crippen LogP contribution in [0.1, 0.15) is 59.8 Å². The van der Waals surface area contributed by atoms with Crippen molar-refractivity contribution in [1.82, 2.24) is 10.6 Å². The summed E-state index contributed by atoms with van der Waals surface area (Å²) in [5.41, 5.74) is -0.682. The van der Waals surface area contributed by atoms with Crippen LogP contribution in [0.15, 0.2) is 0 Å². The first kappa shape index (κ1) is 19.4. The molecule has 2 fully saturated rings. The van der Waals surface area contributed by atoms with Gasteiger partial charge in [-0.25, -0.2) is 4.79 Å². The normalized spacial score (nSPS) is 26.1. The minimum atomic E-state index is -1.05. The Hall–Kier alpha value is -1.92. The molecule has 3 amide bonds. The van der Waals surface area contributed by atoms with E-state index < -0.39 is 47.2 Å². The second-order valence-electron chi connectivity index (χ2n) is 8.04. The van der Waals surface area contributed by atoms with Crippen molar-refractivity contribution in [2.45, 2.75) is 71.4 Å². The summed E-state index contributed by atoms with van der Waals surface area (Å²) in [6.07, 6.45) is 4.01. The number of hydrogen-bond acceptors (Lipinski definition) is 5. The molecule has 0 aromatic heterocycles. The molecule has 3 atom stereocenters. The lowest BCUT2D eigenvalue weighted by atomic mass is 9.78. The fourth-order valence-corrected chi connectivity index (χ4v) is 3.58. The number of hydrogen-bond donors (Lipinski definition) is 2. The quantitative estimate of drug-likeness (QED) is 0.595. The standard InChI is InChI=1S/C18H28N2O5/c1-10-12(16(23)20-15(10)22)14(21)13(11-8-6-5-7-9-11)19-17(24)25-18(2,3)4/h10-13H,5-9H2,1-4H3,(H,19,24)(H,20,22,23)/t10-,12+,13-/m0/s1. The zero-order valence-electron chi connectivity index (χ0n) is 15.4. The van der Waals surface area contributed by atoms with Crippen molar-refractivity contribution < 1.29 is 23.9 Å². The molecule has 1 saturated carbocycles. The number of amides is 3. The number of nitrogens with one attached hydrogen (secondary N) is 2. The molecule has 0 unspecified atom stereocenters. The molecule has 0 bridgehead atoms.